The maximum atomic E-state index is 12.4. The highest BCUT2D eigenvalue weighted by molar-refractivity contribution is 5.81. The van der Waals surface area contributed by atoms with Crippen molar-refractivity contribution < 1.29 is 14.6 Å². The average Bonchev–Trinajstić information content (AvgIpc) is 2.91. The van der Waals surface area contributed by atoms with Gasteiger partial charge < -0.3 is 14.7 Å². The van der Waals surface area contributed by atoms with Gasteiger partial charge in [-0.25, -0.2) is 0 Å². The van der Waals surface area contributed by atoms with Crippen LogP contribution in [0.1, 0.15) is 24.5 Å². The molecule has 1 saturated heterocycles. The monoisotopic (exact) mass is 287 g/mol. The molecule has 0 aromatic heterocycles. The Morgan fingerprint density at radius 1 is 1.48 bits per heavy atom. The molecule has 21 heavy (non-hydrogen) atoms. The zero-order chi connectivity index (χ0) is 15.2. The fourth-order valence-corrected chi connectivity index (χ4v) is 2.48. The van der Waals surface area contributed by atoms with E-state index in [1.165, 1.54) is 0 Å². The van der Waals surface area contributed by atoms with Crippen LogP contribution in [0, 0.1) is 17.8 Å². The van der Waals surface area contributed by atoms with Gasteiger partial charge in [0.15, 0.2) is 0 Å². The Morgan fingerprint density at radius 3 is 2.90 bits per heavy atom. The first kappa shape index (κ1) is 15.6. The van der Waals surface area contributed by atoms with Crippen molar-refractivity contribution >= 4 is 5.91 Å². The van der Waals surface area contributed by atoms with Crippen LogP contribution >= 0.6 is 0 Å². The molecule has 1 aromatic rings. The van der Waals surface area contributed by atoms with Gasteiger partial charge in [0.2, 0.25) is 0 Å². The lowest BCUT2D eigenvalue weighted by Gasteiger charge is -2.23. The minimum absolute atomic E-state index is 0.0184. The third-order valence-electron chi connectivity index (χ3n) is 3.73. The van der Waals surface area contributed by atoms with Crippen molar-refractivity contribution in [1.29, 1.82) is 0 Å². The minimum atomic E-state index is -0.328. The lowest BCUT2D eigenvalue weighted by Crippen LogP contribution is -2.38. The van der Waals surface area contributed by atoms with Gasteiger partial charge in [-0.15, -0.1) is 0 Å². The summed E-state index contributed by atoms with van der Waals surface area (Å²) < 4.78 is 5.53. The maximum absolute atomic E-state index is 12.4. The third-order valence-corrected chi connectivity index (χ3v) is 3.73. The van der Waals surface area contributed by atoms with Crippen LogP contribution < -0.4 is 0 Å². The second-order valence-corrected chi connectivity index (χ2v) is 5.37. The molecule has 2 rings (SSSR count). The molecule has 1 aliphatic rings. The van der Waals surface area contributed by atoms with Gasteiger partial charge in [0.05, 0.1) is 0 Å². The molecule has 1 aliphatic heterocycles. The molecule has 0 bridgehead atoms. The Kier molecular flexibility index (Phi) is 5.38. The van der Waals surface area contributed by atoms with E-state index >= 15 is 0 Å². The first-order valence-corrected chi connectivity index (χ1v) is 7.17. The summed E-state index contributed by atoms with van der Waals surface area (Å²) in [5.74, 6) is 5.85. The normalized spacial score (nSPS) is 20.7. The van der Waals surface area contributed by atoms with Crippen molar-refractivity contribution in [1.82, 2.24) is 4.90 Å². The fraction of sp³-hybridized carbons (Fsp3) is 0.471. The van der Waals surface area contributed by atoms with Crippen LogP contribution in [0.4, 0.5) is 0 Å². The van der Waals surface area contributed by atoms with E-state index < -0.39 is 0 Å². The number of benzene rings is 1. The molecule has 0 aliphatic carbocycles. The third kappa shape index (κ3) is 3.84. The predicted molar refractivity (Wildman–Crippen MR) is 80.4 cm³/mol. The molecule has 112 valence electrons. The summed E-state index contributed by atoms with van der Waals surface area (Å²) in [5, 5.41) is 8.81. The number of hydrogen-bond acceptors (Lipinski definition) is 3. The van der Waals surface area contributed by atoms with Crippen molar-refractivity contribution in [2.45, 2.75) is 26.0 Å². The summed E-state index contributed by atoms with van der Waals surface area (Å²) in [6.45, 7) is 3.02. The number of aliphatic hydroxyl groups excluding tert-OH is 1. The van der Waals surface area contributed by atoms with Crippen LogP contribution in [0.3, 0.4) is 0 Å². The maximum Gasteiger partial charge on any atom is 0.252 e. The van der Waals surface area contributed by atoms with Gasteiger partial charge in [0, 0.05) is 25.8 Å². The molecule has 1 amide bonds. The van der Waals surface area contributed by atoms with Crippen LogP contribution in [0.2, 0.25) is 0 Å². The molecule has 1 fully saturated rings. The molecule has 1 aromatic carbocycles. The Morgan fingerprint density at radius 2 is 2.24 bits per heavy atom. The SMILES string of the molecule is CC1CCOC1C(=O)N(C)Cc1ccccc1C#CCO. The van der Waals surface area contributed by atoms with E-state index in [-0.39, 0.29) is 24.5 Å². The topological polar surface area (TPSA) is 49.8 Å². The van der Waals surface area contributed by atoms with Gasteiger partial charge in [0.1, 0.15) is 12.7 Å². The van der Waals surface area contributed by atoms with Crippen LogP contribution in [0.15, 0.2) is 24.3 Å². The molecule has 1 N–H and O–H groups in total. The standard InChI is InChI=1S/C17H21NO3/c1-13-9-11-21-16(13)17(20)18(2)12-15-7-4-3-6-14(15)8-5-10-19/h3-4,6-7,13,16,19H,9-12H2,1-2H3. The van der Waals surface area contributed by atoms with Gasteiger partial charge in [-0.2, -0.15) is 0 Å². The minimum Gasteiger partial charge on any atom is -0.384 e. The van der Waals surface area contributed by atoms with Crippen molar-refractivity contribution in [3.05, 3.63) is 35.4 Å². The number of ether oxygens (including phenoxy) is 1. The smallest absolute Gasteiger partial charge is 0.252 e. The largest absolute Gasteiger partial charge is 0.384 e. The number of nitrogens with zero attached hydrogens (tertiary/aromatic N) is 1. The van der Waals surface area contributed by atoms with E-state index in [1.807, 2.05) is 31.2 Å². The van der Waals surface area contributed by atoms with Gasteiger partial charge >= 0.3 is 0 Å². The Bertz CT molecular complexity index is 559. The lowest BCUT2D eigenvalue weighted by atomic mass is 10.0. The Hall–Kier alpha value is -1.83. The highest BCUT2D eigenvalue weighted by Gasteiger charge is 2.32. The van der Waals surface area contributed by atoms with E-state index in [0.29, 0.717) is 13.2 Å². The number of rotatable bonds is 3. The predicted octanol–water partition coefficient (Wildman–Crippen LogP) is 1.41. The van der Waals surface area contributed by atoms with Crippen molar-refractivity contribution in [3.8, 4) is 11.8 Å². The van der Waals surface area contributed by atoms with Gasteiger partial charge in [0.25, 0.3) is 5.91 Å². The van der Waals surface area contributed by atoms with Gasteiger partial charge in [-0.3, -0.25) is 4.79 Å². The van der Waals surface area contributed by atoms with E-state index in [0.717, 1.165) is 17.5 Å². The molecule has 0 spiro atoms. The molecular formula is C17H21NO3. The van der Waals surface area contributed by atoms with E-state index in [9.17, 15) is 4.79 Å². The van der Waals surface area contributed by atoms with E-state index in [4.69, 9.17) is 9.84 Å². The summed E-state index contributed by atoms with van der Waals surface area (Å²) in [5.41, 5.74) is 1.81. The molecule has 2 unspecified atom stereocenters. The number of carbonyl (C=O) groups excluding carboxylic acids is 1. The van der Waals surface area contributed by atoms with E-state index in [1.54, 1.807) is 11.9 Å². The molecule has 4 nitrogen and oxygen atoms in total. The second kappa shape index (κ2) is 7.26. The van der Waals surface area contributed by atoms with Crippen molar-refractivity contribution in [2.75, 3.05) is 20.3 Å². The summed E-state index contributed by atoms with van der Waals surface area (Å²) in [6, 6.07) is 7.66. The van der Waals surface area contributed by atoms with Gasteiger partial charge in [-0.05, 0) is 24.0 Å². The first-order chi connectivity index (χ1) is 10.1. The molecule has 2 atom stereocenters. The highest BCUT2D eigenvalue weighted by Crippen LogP contribution is 2.22. The average molecular weight is 287 g/mol. The zero-order valence-corrected chi connectivity index (χ0v) is 12.5. The second-order valence-electron chi connectivity index (χ2n) is 5.37. The van der Waals surface area contributed by atoms with E-state index in [2.05, 4.69) is 11.8 Å². The molecule has 4 heteroatoms. The Labute approximate surface area is 125 Å². The van der Waals surface area contributed by atoms with Gasteiger partial charge in [-0.1, -0.05) is 37.0 Å². The Balaban J connectivity index is 2.09. The molecular weight excluding hydrogens is 266 g/mol. The fourth-order valence-electron chi connectivity index (χ4n) is 2.48. The summed E-state index contributed by atoms with van der Waals surface area (Å²) >= 11 is 0. The van der Waals surface area contributed by atoms with Crippen molar-refractivity contribution in [2.24, 2.45) is 5.92 Å². The van der Waals surface area contributed by atoms with Crippen molar-refractivity contribution in [3.63, 3.8) is 0 Å². The van der Waals surface area contributed by atoms with Crippen LogP contribution in [0.5, 0.6) is 0 Å². The highest BCUT2D eigenvalue weighted by atomic mass is 16.5. The van der Waals surface area contributed by atoms with Crippen LogP contribution in [-0.4, -0.2) is 42.3 Å². The molecule has 0 radical (unpaired) electrons. The van der Waals surface area contributed by atoms with Crippen LogP contribution in [0.25, 0.3) is 0 Å². The number of hydrogen-bond donors (Lipinski definition) is 1. The molecule has 1 heterocycles. The summed E-state index contributed by atoms with van der Waals surface area (Å²) in [6.07, 6.45) is 0.605. The lowest BCUT2D eigenvalue weighted by molar-refractivity contribution is -0.141. The summed E-state index contributed by atoms with van der Waals surface area (Å²) in [7, 11) is 1.78. The van der Waals surface area contributed by atoms with Crippen LogP contribution in [-0.2, 0) is 16.1 Å². The zero-order valence-electron chi connectivity index (χ0n) is 12.5. The summed E-state index contributed by atoms with van der Waals surface area (Å²) in [4.78, 5) is 14.1. The quantitative estimate of drug-likeness (QED) is 0.855. The first-order valence-electron chi connectivity index (χ1n) is 7.17. The number of aliphatic hydroxyl groups is 1. The molecule has 0 saturated carbocycles. The number of likely N-dealkylation sites (N-methyl/N-ethyl adjacent to an activating group) is 1. The number of amides is 1. The number of carbonyl (C=O) groups is 1.